The smallest absolute Gasteiger partial charge is 0.308 e. The number of hydrogen-bond acceptors (Lipinski definition) is 8. The molecule has 10 nitrogen and oxygen atoms in total. The highest BCUT2D eigenvalue weighted by Crippen LogP contribution is 2.24. The molecule has 196 valence electrons. The van der Waals surface area contributed by atoms with Gasteiger partial charge in [0.05, 0.1) is 12.5 Å². The number of aliphatic hydroxyl groups excluding tert-OH is 3. The van der Waals surface area contributed by atoms with Gasteiger partial charge in [-0.05, 0) is 25.2 Å². The van der Waals surface area contributed by atoms with Gasteiger partial charge in [0.25, 0.3) is 5.91 Å². The zero-order valence-corrected chi connectivity index (χ0v) is 21.0. The van der Waals surface area contributed by atoms with Gasteiger partial charge >= 0.3 is 5.97 Å². The molecule has 1 aliphatic carbocycles. The SMILES string of the molecule is CO[C@@H](C(=O)N[C@@H](C)C(=O)NCCOC(=O)C1CCCCC1)[C@H](O)[C@@H](O)[C@H](O)C=CC(C)(C)C. The molecule has 0 radical (unpaired) electrons. The highest BCUT2D eigenvalue weighted by Gasteiger charge is 2.36. The topological polar surface area (TPSA) is 154 Å². The summed E-state index contributed by atoms with van der Waals surface area (Å²) in [5.74, 6) is -1.66. The molecule has 1 rings (SSSR count). The van der Waals surface area contributed by atoms with E-state index in [2.05, 4.69) is 10.6 Å². The zero-order valence-electron chi connectivity index (χ0n) is 21.0. The first-order chi connectivity index (χ1) is 15.9. The molecular formula is C24H42N2O8. The van der Waals surface area contributed by atoms with Crippen molar-refractivity contribution < 1.29 is 39.2 Å². The highest BCUT2D eigenvalue weighted by molar-refractivity contribution is 5.89. The number of amides is 2. The van der Waals surface area contributed by atoms with Crippen LogP contribution in [-0.2, 0) is 23.9 Å². The summed E-state index contributed by atoms with van der Waals surface area (Å²) in [5.41, 5.74) is -0.249. The minimum absolute atomic E-state index is 0.0350. The number of aliphatic hydroxyl groups is 3. The molecule has 0 spiro atoms. The van der Waals surface area contributed by atoms with E-state index in [-0.39, 0.29) is 30.5 Å². The fraction of sp³-hybridized carbons (Fsp3) is 0.792. The van der Waals surface area contributed by atoms with Crippen molar-refractivity contribution in [3.8, 4) is 0 Å². The summed E-state index contributed by atoms with van der Waals surface area (Å²) in [7, 11) is 1.17. The van der Waals surface area contributed by atoms with Crippen molar-refractivity contribution >= 4 is 17.8 Å². The fourth-order valence-corrected chi connectivity index (χ4v) is 3.58. The number of nitrogens with one attached hydrogen (secondary N) is 2. The molecule has 1 aliphatic rings. The second-order valence-electron chi connectivity index (χ2n) is 9.88. The molecule has 0 bridgehead atoms. The average Bonchev–Trinajstić information content (AvgIpc) is 2.79. The number of rotatable bonds is 12. The molecular weight excluding hydrogens is 444 g/mol. The molecule has 0 aromatic carbocycles. The van der Waals surface area contributed by atoms with E-state index in [0.29, 0.717) is 0 Å². The van der Waals surface area contributed by atoms with Crippen molar-refractivity contribution in [1.29, 1.82) is 0 Å². The Morgan fingerprint density at radius 3 is 2.21 bits per heavy atom. The lowest BCUT2D eigenvalue weighted by atomic mass is 9.89. The molecule has 0 unspecified atom stereocenters. The number of ether oxygens (including phenoxy) is 2. The minimum Gasteiger partial charge on any atom is -0.464 e. The normalized spacial score (nSPS) is 19.6. The first kappa shape index (κ1) is 30.0. The molecule has 1 fully saturated rings. The molecule has 0 heterocycles. The highest BCUT2D eigenvalue weighted by atomic mass is 16.5. The van der Waals surface area contributed by atoms with Gasteiger partial charge in [-0.3, -0.25) is 14.4 Å². The predicted molar refractivity (Wildman–Crippen MR) is 126 cm³/mol. The van der Waals surface area contributed by atoms with Crippen molar-refractivity contribution in [2.75, 3.05) is 20.3 Å². The second kappa shape index (κ2) is 14.4. The number of allylic oxidation sites excluding steroid dienone is 1. The Hall–Kier alpha value is -2.01. The fourth-order valence-electron chi connectivity index (χ4n) is 3.58. The third-order valence-corrected chi connectivity index (χ3v) is 5.65. The Kier molecular flexibility index (Phi) is 12.7. The molecule has 0 saturated heterocycles. The quantitative estimate of drug-likeness (QED) is 0.151. The van der Waals surface area contributed by atoms with Gasteiger partial charge in [-0.25, -0.2) is 0 Å². The van der Waals surface area contributed by atoms with Crippen molar-refractivity contribution in [3.63, 3.8) is 0 Å². The molecule has 2 amide bonds. The number of esters is 1. The Labute approximate surface area is 202 Å². The van der Waals surface area contributed by atoms with Gasteiger partial charge < -0.3 is 35.4 Å². The molecule has 10 heteroatoms. The van der Waals surface area contributed by atoms with Gasteiger partial charge in [-0.15, -0.1) is 0 Å². The Balaban J connectivity index is 2.47. The Morgan fingerprint density at radius 1 is 1.03 bits per heavy atom. The van der Waals surface area contributed by atoms with Gasteiger partial charge in [-0.2, -0.15) is 0 Å². The van der Waals surface area contributed by atoms with E-state index < -0.39 is 42.3 Å². The third-order valence-electron chi connectivity index (χ3n) is 5.65. The van der Waals surface area contributed by atoms with Crippen LogP contribution in [0.4, 0.5) is 0 Å². The molecule has 1 saturated carbocycles. The monoisotopic (exact) mass is 486 g/mol. The third kappa shape index (κ3) is 10.5. The van der Waals surface area contributed by atoms with Crippen molar-refractivity contribution in [3.05, 3.63) is 12.2 Å². The molecule has 0 aromatic rings. The van der Waals surface area contributed by atoms with Gasteiger partial charge in [0.2, 0.25) is 5.91 Å². The minimum atomic E-state index is -1.74. The molecule has 0 aromatic heterocycles. The van der Waals surface area contributed by atoms with Crippen molar-refractivity contribution in [1.82, 2.24) is 10.6 Å². The number of hydrogen-bond donors (Lipinski definition) is 5. The van der Waals surface area contributed by atoms with Crippen LogP contribution in [0.1, 0.15) is 59.8 Å². The lowest BCUT2D eigenvalue weighted by Gasteiger charge is -2.28. The van der Waals surface area contributed by atoms with Crippen LogP contribution in [0.15, 0.2) is 12.2 Å². The van der Waals surface area contributed by atoms with E-state index in [9.17, 15) is 29.7 Å². The summed E-state index contributed by atoms with van der Waals surface area (Å²) < 4.78 is 10.2. The average molecular weight is 487 g/mol. The van der Waals surface area contributed by atoms with Crippen molar-refractivity contribution in [2.24, 2.45) is 11.3 Å². The lowest BCUT2D eigenvalue weighted by Crippen LogP contribution is -2.55. The number of carbonyl (C=O) groups excluding carboxylic acids is 3. The number of methoxy groups -OCH3 is 1. The summed E-state index contributed by atoms with van der Waals surface area (Å²) in [6, 6.07) is -0.978. The lowest BCUT2D eigenvalue weighted by molar-refractivity contribution is -0.150. The van der Waals surface area contributed by atoms with Crippen LogP contribution in [0.5, 0.6) is 0 Å². The summed E-state index contributed by atoms with van der Waals surface area (Å²) >= 11 is 0. The maximum Gasteiger partial charge on any atom is 0.308 e. The van der Waals surface area contributed by atoms with E-state index in [0.717, 1.165) is 32.1 Å². The molecule has 0 aliphatic heterocycles. The summed E-state index contributed by atoms with van der Waals surface area (Å²) in [5, 5.41) is 35.7. The summed E-state index contributed by atoms with van der Waals surface area (Å²) in [4.78, 5) is 36.8. The molecule has 5 N–H and O–H groups in total. The van der Waals surface area contributed by atoms with Crippen LogP contribution in [0.3, 0.4) is 0 Å². The van der Waals surface area contributed by atoms with Gasteiger partial charge in [-0.1, -0.05) is 52.2 Å². The predicted octanol–water partition coefficient (Wildman–Crippen LogP) is 0.431. The van der Waals surface area contributed by atoms with Crippen LogP contribution >= 0.6 is 0 Å². The van der Waals surface area contributed by atoms with Crippen LogP contribution in [0.2, 0.25) is 0 Å². The second-order valence-corrected chi connectivity index (χ2v) is 9.88. The first-order valence-corrected chi connectivity index (χ1v) is 11.9. The zero-order chi connectivity index (χ0) is 25.9. The van der Waals surface area contributed by atoms with E-state index in [4.69, 9.17) is 9.47 Å². The van der Waals surface area contributed by atoms with Gasteiger partial charge in [0.15, 0.2) is 6.10 Å². The maximum absolute atomic E-state index is 12.5. The van der Waals surface area contributed by atoms with Gasteiger partial charge in [0.1, 0.15) is 31.0 Å². The van der Waals surface area contributed by atoms with Crippen molar-refractivity contribution in [2.45, 2.75) is 90.3 Å². The van der Waals surface area contributed by atoms with Crippen LogP contribution in [0.25, 0.3) is 0 Å². The molecule has 5 atom stereocenters. The maximum atomic E-state index is 12.5. The summed E-state index contributed by atoms with van der Waals surface area (Å²) in [6.07, 6.45) is 1.51. The Morgan fingerprint density at radius 2 is 1.65 bits per heavy atom. The van der Waals surface area contributed by atoms with E-state index in [1.807, 2.05) is 20.8 Å². The summed E-state index contributed by atoms with van der Waals surface area (Å²) in [6.45, 7) is 7.27. The number of carbonyl (C=O) groups is 3. The van der Waals surface area contributed by atoms with Crippen LogP contribution in [0, 0.1) is 11.3 Å². The van der Waals surface area contributed by atoms with Gasteiger partial charge in [0, 0.05) is 7.11 Å². The van der Waals surface area contributed by atoms with Crippen LogP contribution < -0.4 is 10.6 Å². The Bertz CT molecular complexity index is 685. The van der Waals surface area contributed by atoms with E-state index in [1.165, 1.54) is 20.1 Å². The molecule has 34 heavy (non-hydrogen) atoms. The first-order valence-electron chi connectivity index (χ1n) is 11.9. The van der Waals surface area contributed by atoms with Crippen LogP contribution in [-0.4, -0.2) is 83.8 Å². The van der Waals surface area contributed by atoms with E-state index in [1.54, 1.807) is 6.08 Å². The largest absolute Gasteiger partial charge is 0.464 e. The van der Waals surface area contributed by atoms with E-state index >= 15 is 0 Å². The standard InChI is InChI=1S/C24H42N2O8/c1-15(21(30)25-13-14-34-23(32)16-9-7-6-8-10-16)26-22(31)20(33-5)19(29)18(28)17(27)11-12-24(2,3)4/h11-12,15-20,27-29H,6-10,13-14H2,1-5H3,(H,25,30)(H,26,31)/t15-,17+,18-,19+,20+/m0/s1.